The molecule has 0 aliphatic carbocycles. The van der Waals surface area contributed by atoms with Gasteiger partial charge in [-0.25, -0.2) is 9.78 Å². The molecule has 2 aromatic carbocycles. The fraction of sp³-hybridized carbons (Fsp3) is 0.0435. The highest BCUT2D eigenvalue weighted by atomic mass is 19.4. The van der Waals surface area contributed by atoms with E-state index < -0.39 is 23.5 Å². The lowest BCUT2D eigenvalue weighted by atomic mass is 10.1. The SMILES string of the molecule is N#Cc1cc(Oc2ccc(NC(=O)Nc3ccc4ncccc4c3)c(C(F)(F)F)c2)ccn1. The third kappa shape index (κ3) is 5.16. The first kappa shape index (κ1) is 21.6. The second-order valence-corrected chi connectivity index (χ2v) is 6.79. The molecule has 0 aliphatic rings. The quantitative estimate of drug-likeness (QED) is 0.401. The van der Waals surface area contributed by atoms with E-state index in [2.05, 4.69) is 20.6 Å². The molecule has 2 aromatic heterocycles. The molecule has 4 aromatic rings. The highest BCUT2D eigenvalue weighted by Crippen LogP contribution is 2.38. The van der Waals surface area contributed by atoms with Gasteiger partial charge in [-0.2, -0.15) is 18.4 Å². The van der Waals surface area contributed by atoms with Crippen LogP contribution in [0, 0.1) is 11.3 Å². The molecule has 0 saturated carbocycles. The second-order valence-electron chi connectivity index (χ2n) is 6.79. The average Bonchev–Trinajstić information content (AvgIpc) is 2.79. The fourth-order valence-corrected chi connectivity index (χ4v) is 3.04. The molecule has 0 atom stereocenters. The Labute approximate surface area is 185 Å². The number of hydrogen-bond donors (Lipinski definition) is 2. The average molecular weight is 449 g/mol. The zero-order valence-corrected chi connectivity index (χ0v) is 16.7. The van der Waals surface area contributed by atoms with Crippen molar-refractivity contribution in [3.63, 3.8) is 0 Å². The molecule has 0 aliphatic heterocycles. The first-order chi connectivity index (χ1) is 15.8. The van der Waals surface area contributed by atoms with Crippen LogP contribution in [0.1, 0.15) is 11.3 Å². The van der Waals surface area contributed by atoms with E-state index in [1.807, 2.05) is 6.07 Å². The lowest BCUT2D eigenvalue weighted by Gasteiger charge is -2.16. The number of amides is 2. The largest absolute Gasteiger partial charge is 0.457 e. The van der Waals surface area contributed by atoms with Gasteiger partial charge in [-0.15, -0.1) is 0 Å². The van der Waals surface area contributed by atoms with Crippen LogP contribution in [-0.4, -0.2) is 16.0 Å². The van der Waals surface area contributed by atoms with Crippen molar-refractivity contribution in [2.45, 2.75) is 6.18 Å². The van der Waals surface area contributed by atoms with Gasteiger partial charge in [0, 0.05) is 29.5 Å². The minimum Gasteiger partial charge on any atom is -0.457 e. The molecule has 2 N–H and O–H groups in total. The molecular formula is C23H14F3N5O2. The fourth-order valence-electron chi connectivity index (χ4n) is 3.04. The van der Waals surface area contributed by atoms with Gasteiger partial charge in [0.05, 0.1) is 16.8 Å². The van der Waals surface area contributed by atoms with Gasteiger partial charge >= 0.3 is 12.2 Å². The first-order valence-electron chi connectivity index (χ1n) is 9.50. The molecule has 0 spiro atoms. The van der Waals surface area contributed by atoms with Gasteiger partial charge in [0.15, 0.2) is 0 Å². The molecule has 10 heteroatoms. The summed E-state index contributed by atoms with van der Waals surface area (Å²) in [6.45, 7) is 0. The van der Waals surface area contributed by atoms with Crippen molar-refractivity contribution < 1.29 is 22.7 Å². The predicted octanol–water partition coefficient (Wildman–Crippen LogP) is 5.96. The maximum absolute atomic E-state index is 13.7. The maximum Gasteiger partial charge on any atom is 0.418 e. The van der Waals surface area contributed by atoms with Crippen molar-refractivity contribution in [2.24, 2.45) is 0 Å². The van der Waals surface area contributed by atoms with E-state index in [1.54, 1.807) is 36.5 Å². The Kier molecular flexibility index (Phi) is 5.78. The van der Waals surface area contributed by atoms with Gasteiger partial charge in [-0.3, -0.25) is 4.98 Å². The number of carbonyl (C=O) groups excluding carboxylic acids is 1. The molecule has 0 bridgehead atoms. The highest BCUT2D eigenvalue weighted by Gasteiger charge is 2.34. The number of nitrogens with one attached hydrogen (secondary N) is 2. The zero-order valence-electron chi connectivity index (χ0n) is 16.7. The Bertz CT molecular complexity index is 1380. The smallest absolute Gasteiger partial charge is 0.418 e. The first-order valence-corrected chi connectivity index (χ1v) is 9.50. The van der Waals surface area contributed by atoms with Gasteiger partial charge in [0.1, 0.15) is 23.3 Å². The van der Waals surface area contributed by atoms with E-state index in [1.165, 1.54) is 24.4 Å². The van der Waals surface area contributed by atoms with Crippen LogP contribution in [0.5, 0.6) is 11.5 Å². The summed E-state index contributed by atoms with van der Waals surface area (Å²) in [6, 6.07) is 15.3. The van der Waals surface area contributed by atoms with E-state index in [0.29, 0.717) is 5.69 Å². The van der Waals surface area contributed by atoms with Crippen LogP contribution in [0.4, 0.5) is 29.3 Å². The van der Waals surface area contributed by atoms with Gasteiger partial charge in [-0.1, -0.05) is 6.07 Å². The number of hydrogen-bond acceptors (Lipinski definition) is 5. The number of urea groups is 1. The number of carbonyl (C=O) groups is 1. The number of benzene rings is 2. The summed E-state index contributed by atoms with van der Waals surface area (Å²) in [5.74, 6) is 0.0318. The van der Waals surface area contributed by atoms with Crippen molar-refractivity contribution in [1.82, 2.24) is 9.97 Å². The van der Waals surface area contributed by atoms with E-state index in [9.17, 15) is 18.0 Å². The van der Waals surface area contributed by atoms with Crippen LogP contribution in [0.15, 0.2) is 73.1 Å². The Morgan fingerprint density at radius 2 is 1.76 bits per heavy atom. The van der Waals surface area contributed by atoms with Crippen LogP contribution in [0.25, 0.3) is 10.9 Å². The molecule has 2 heterocycles. The molecule has 164 valence electrons. The zero-order chi connectivity index (χ0) is 23.4. The molecule has 0 radical (unpaired) electrons. The minimum absolute atomic E-state index is 0.0583. The van der Waals surface area contributed by atoms with E-state index in [4.69, 9.17) is 10.00 Å². The monoisotopic (exact) mass is 449 g/mol. The van der Waals surface area contributed by atoms with Crippen LogP contribution in [0.2, 0.25) is 0 Å². The number of nitrogens with zero attached hydrogens (tertiary/aromatic N) is 3. The number of ether oxygens (including phenoxy) is 1. The van der Waals surface area contributed by atoms with Crippen LogP contribution in [0.3, 0.4) is 0 Å². The summed E-state index contributed by atoms with van der Waals surface area (Å²) in [5, 5.41) is 14.4. The Balaban J connectivity index is 1.54. The Morgan fingerprint density at radius 1 is 0.939 bits per heavy atom. The number of rotatable bonds is 4. The number of nitriles is 1. The lowest BCUT2D eigenvalue weighted by Crippen LogP contribution is -2.22. The van der Waals surface area contributed by atoms with Crippen molar-refractivity contribution >= 4 is 28.3 Å². The Morgan fingerprint density at radius 3 is 2.55 bits per heavy atom. The second kappa shape index (κ2) is 8.84. The summed E-state index contributed by atoms with van der Waals surface area (Å²) in [7, 11) is 0. The Hall–Kier alpha value is -4.65. The number of aromatic nitrogens is 2. The van der Waals surface area contributed by atoms with Gasteiger partial charge < -0.3 is 15.4 Å². The normalized spacial score (nSPS) is 11.0. The van der Waals surface area contributed by atoms with E-state index >= 15 is 0 Å². The molecule has 0 unspecified atom stereocenters. The molecule has 0 saturated heterocycles. The van der Waals surface area contributed by atoms with Crippen molar-refractivity contribution in [1.29, 1.82) is 5.26 Å². The minimum atomic E-state index is -4.76. The summed E-state index contributed by atoms with van der Waals surface area (Å²) in [5.41, 5.74) is -0.361. The number of pyridine rings is 2. The third-order valence-electron chi connectivity index (χ3n) is 4.49. The predicted molar refractivity (Wildman–Crippen MR) is 115 cm³/mol. The molecule has 7 nitrogen and oxygen atoms in total. The summed E-state index contributed by atoms with van der Waals surface area (Å²) >= 11 is 0. The number of halogens is 3. The maximum atomic E-state index is 13.7. The van der Waals surface area contributed by atoms with Crippen molar-refractivity contribution in [3.8, 4) is 17.6 Å². The van der Waals surface area contributed by atoms with Crippen molar-refractivity contribution in [2.75, 3.05) is 10.6 Å². The van der Waals surface area contributed by atoms with E-state index in [0.717, 1.165) is 23.0 Å². The summed E-state index contributed by atoms with van der Waals surface area (Å²) < 4.78 is 46.4. The van der Waals surface area contributed by atoms with E-state index in [-0.39, 0.29) is 17.2 Å². The highest BCUT2D eigenvalue weighted by molar-refractivity contribution is 6.01. The van der Waals surface area contributed by atoms with Gasteiger partial charge in [0.2, 0.25) is 0 Å². The molecular weight excluding hydrogens is 435 g/mol. The van der Waals surface area contributed by atoms with Gasteiger partial charge in [0.25, 0.3) is 0 Å². The molecule has 2 amide bonds. The number of fused-ring (bicyclic) bond motifs is 1. The number of alkyl halides is 3. The van der Waals surface area contributed by atoms with Crippen molar-refractivity contribution in [3.05, 3.63) is 84.3 Å². The standard InChI is InChI=1S/C23H14F3N5O2/c24-23(25,26)19-12-17(33-18-7-9-28-16(11-18)13-27)4-6-21(19)31-22(32)30-15-3-5-20-14(10-15)2-1-8-29-20/h1-12H,(H2,30,31,32). The molecule has 4 rings (SSSR count). The summed E-state index contributed by atoms with van der Waals surface area (Å²) in [6.07, 6.45) is -1.82. The van der Waals surface area contributed by atoms with Crippen LogP contribution >= 0.6 is 0 Å². The van der Waals surface area contributed by atoms with Crippen LogP contribution < -0.4 is 15.4 Å². The summed E-state index contributed by atoms with van der Waals surface area (Å²) in [4.78, 5) is 20.3. The number of anilines is 2. The molecule has 33 heavy (non-hydrogen) atoms. The third-order valence-corrected chi connectivity index (χ3v) is 4.49. The topological polar surface area (TPSA) is 99.9 Å². The molecule has 0 fully saturated rings. The lowest BCUT2D eigenvalue weighted by molar-refractivity contribution is -0.137. The van der Waals surface area contributed by atoms with Gasteiger partial charge in [-0.05, 0) is 48.5 Å². The van der Waals surface area contributed by atoms with Crippen LogP contribution in [-0.2, 0) is 6.18 Å².